The first-order valence-corrected chi connectivity index (χ1v) is 15.1. The van der Waals surface area contributed by atoms with E-state index in [1.807, 2.05) is 18.2 Å². The van der Waals surface area contributed by atoms with Crippen LogP contribution in [0, 0.1) is 5.41 Å². The number of guanidine groups is 1. The number of ether oxygens (including phenoxy) is 1. The zero-order chi connectivity index (χ0) is 30.5. The van der Waals surface area contributed by atoms with E-state index in [9.17, 15) is 19.8 Å². The average molecular weight is 608 g/mol. The van der Waals surface area contributed by atoms with E-state index < -0.39 is 6.10 Å². The van der Waals surface area contributed by atoms with Crippen molar-refractivity contribution in [2.24, 2.45) is 4.99 Å². The molecule has 1 fully saturated rings. The molecule has 0 aromatic heterocycles. The van der Waals surface area contributed by atoms with Gasteiger partial charge in [0.15, 0.2) is 11.1 Å². The maximum Gasteiger partial charge on any atom is 0.286 e. The van der Waals surface area contributed by atoms with E-state index in [1.165, 1.54) is 17.8 Å². The van der Waals surface area contributed by atoms with E-state index >= 15 is 0 Å². The minimum absolute atomic E-state index is 0.0120. The molecular weight excluding hydrogens is 570 g/mol. The summed E-state index contributed by atoms with van der Waals surface area (Å²) in [6.45, 7) is 2.27. The van der Waals surface area contributed by atoms with Crippen molar-refractivity contribution in [1.82, 2.24) is 15.5 Å². The Morgan fingerprint density at radius 3 is 2.67 bits per heavy atom. The van der Waals surface area contributed by atoms with Gasteiger partial charge in [0.05, 0.1) is 10.6 Å². The number of hydrogen-bond donors (Lipinski definition) is 6. The summed E-state index contributed by atoms with van der Waals surface area (Å²) in [4.78, 5) is 32.4. The molecule has 1 atom stereocenters. The molecule has 3 aliphatic heterocycles. The number of amidine groups is 1. The number of aliphatic imine (C=N–C) groups is 1. The van der Waals surface area contributed by atoms with E-state index in [-0.39, 0.29) is 36.2 Å². The highest BCUT2D eigenvalue weighted by atomic mass is 32.2. The zero-order valence-corrected chi connectivity index (χ0v) is 25.0. The molecular formula is C30H37N7O5S. The lowest BCUT2D eigenvalue weighted by Crippen LogP contribution is -2.45. The summed E-state index contributed by atoms with van der Waals surface area (Å²) < 4.78 is 5.85. The van der Waals surface area contributed by atoms with Gasteiger partial charge in [0.1, 0.15) is 24.2 Å². The number of amides is 2. The zero-order valence-electron chi connectivity index (χ0n) is 24.2. The van der Waals surface area contributed by atoms with Crippen LogP contribution in [0.2, 0.25) is 0 Å². The summed E-state index contributed by atoms with van der Waals surface area (Å²) in [6, 6.07) is 11.5. The Balaban J connectivity index is 1.05. The van der Waals surface area contributed by atoms with Gasteiger partial charge in [0, 0.05) is 57.4 Å². The fourth-order valence-corrected chi connectivity index (χ4v) is 5.89. The Kier molecular flexibility index (Phi) is 9.53. The molecule has 228 valence electrons. The number of fused-ring (bicyclic) bond motifs is 1. The van der Waals surface area contributed by atoms with Crippen LogP contribution in [0.1, 0.15) is 30.4 Å². The first-order valence-electron chi connectivity index (χ1n) is 14.3. The van der Waals surface area contributed by atoms with Crippen LogP contribution >= 0.6 is 11.8 Å². The number of nitrogens with one attached hydrogen (secondary N) is 4. The second kappa shape index (κ2) is 13.5. The van der Waals surface area contributed by atoms with Gasteiger partial charge >= 0.3 is 0 Å². The maximum absolute atomic E-state index is 12.3. The summed E-state index contributed by atoms with van der Waals surface area (Å²) >= 11 is 1.22. The lowest BCUT2D eigenvalue weighted by atomic mass is 10.0. The van der Waals surface area contributed by atoms with Crippen molar-refractivity contribution in [3.05, 3.63) is 52.4 Å². The molecule has 2 aromatic rings. The Hall–Kier alpha value is -4.07. The molecule has 2 amide bonds. The molecule has 13 heteroatoms. The SMILES string of the molecule is CN(C)C(=N)NC1=NC(=O)/C(=C/c2ccc(N3CCC(NC[C@H](O)COc4ccc(O)c5c4CCC(=O)N5)CC3)cc2)S1. The number of carbonyl (C=O) groups excluding carboxylic acids is 2. The number of aliphatic hydroxyl groups is 1. The fourth-order valence-electron chi connectivity index (χ4n) is 5.08. The number of aliphatic hydroxyl groups excluding tert-OH is 1. The monoisotopic (exact) mass is 607 g/mol. The van der Waals surface area contributed by atoms with E-state index in [2.05, 4.69) is 38.0 Å². The Morgan fingerprint density at radius 1 is 1.21 bits per heavy atom. The highest BCUT2D eigenvalue weighted by Crippen LogP contribution is 2.38. The van der Waals surface area contributed by atoms with E-state index in [0.29, 0.717) is 40.9 Å². The Labute approximate surface area is 254 Å². The summed E-state index contributed by atoms with van der Waals surface area (Å²) in [5.41, 5.74) is 3.17. The molecule has 0 aliphatic carbocycles. The van der Waals surface area contributed by atoms with Crippen molar-refractivity contribution in [2.45, 2.75) is 37.8 Å². The minimum Gasteiger partial charge on any atom is -0.506 e. The summed E-state index contributed by atoms with van der Waals surface area (Å²) in [5, 5.41) is 37.8. The molecule has 3 heterocycles. The van der Waals surface area contributed by atoms with Crippen molar-refractivity contribution in [3.63, 3.8) is 0 Å². The third-order valence-corrected chi connectivity index (χ3v) is 8.43. The minimum atomic E-state index is -0.704. The lowest BCUT2D eigenvalue weighted by molar-refractivity contribution is -0.116. The van der Waals surface area contributed by atoms with Crippen LogP contribution in [0.25, 0.3) is 6.08 Å². The molecule has 0 saturated carbocycles. The summed E-state index contributed by atoms with van der Waals surface area (Å²) in [6.07, 6.45) is 3.79. The predicted molar refractivity (Wildman–Crippen MR) is 169 cm³/mol. The first-order chi connectivity index (χ1) is 20.7. The number of phenols is 1. The molecule has 12 nitrogen and oxygen atoms in total. The van der Waals surface area contributed by atoms with Gasteiger partial charge in [-0.05, 0) is 66.9 Å². The third-order valence-electron chi connectivity index (χ3n) is 7.53. The van der Waals surface area contributed by atoms with Gasteiger partial charge in [0.2, 0.25) is 5.91 Å². The molecule has 5 rings (SSSR count). The predicted octanol–water partition coefficient (Wildman–Crippen LogP) is 2.33. The van der Waals surface area contributed by atoms with Gasteiger partial charge < -0.3 is 40.7 Å². The summed E-state index contributed by atoms with van der Waals surface area (Å²) in [5.74, 6) is 0.285. The maximum atomic E-state index is 12.3. The number of thioether (sulfide) groups is 1. The van der Waals surface area contributed by atoms with Gasteiger partial charge in [-0.2, -0.15) is 4.99 Å². The van der Waals surface area contributed by atoms with Gasteiger partial charge in [-0.1, -0.05) is 12.1 Å². The number of anilines is 2. The molecule has 1 saturated heterocycles. The molecule has 0 spiro atoms. The molecule has 6 N–H and O–H groups in total. The van der Waals surface area contributed by atoms with Crippen LogP contribution < -0.4 is 25.6 Å². The standard InChI is InChI=1S/C30H37N7O5S/c1-36(2)29(31)35-30-34-28(41)25(43-30)15-18-3-5-20(6-4-18)37-13-11-19(12-14-37)32-16-21(38)17-42-24-9-8-23(39)27-22(24)7-10-26(40)33-27/h3-6,8-9,15,19,21,32,38-39H,7,10-14,16-17H2,1-2H3,(H,33,40)(H2,31,34,35,41)/b25-15-/t21-/m0/s1. The van der Waals surface area contributed by atoms with E-state index in [1.54, 1.807) is 25.1 Å². The van der Waals surface area contributed by atoms with Gasteiger partial charge in [0.25, 0.3) is 5.91 Å². The molecule has 43 heavy (non-hydrogen) atoms. The summed E-state index contributed by atoms with van der Waals surface area (Å²) in [7, 11) is 3.49. The quantitative estimate of drug-likeness (QED) is 0.114. The third kappa shape index (κ3) is 7.66. The van der Waals surface area contributed by atoms with Gasteiger partial charge in [-0.3, -0.25) is 15.0 Å². The van der Waals surface area contributed by atoms with Crippen molar-refractivity contribution in [2.75, 3.05) is 50.6 Å². The number of phenolic OH excluding ortho intramolecular Hbond substituents is 1. The Bertz CT molecular complexity index is 1440. The molecule has 0 bridgehead atoms. The number of hydrogen-bond acceptors (Lipinski definition) is 9. The molecule has 2 aromatic carbocycles. The van der Waals surface area contributed by atoms with Crippen LogP contribution in [-0.2, 0) is 16.0 Å². The highest BCUT2D eigenvalue weighted by Gasteiger charge is 2.25. The van der Waals surface area contributed by atoms with Crippen LogP contribution in [-0.4, -0.2) is 90.5 Å². The number of piperidine rings is 1. The number of aromatic hydroxyl groups is 1. The Morgan fingerprint density at radius 2 is 1.95 bits per heavy atom. The van der Waals surface area contributed by atoms with Crippen LogP contribution in [0.5, 0.6) is 11.5 Å². The smallest absolute Gasteiger partial charge is 0.286 e. The van der Waals surface area contributed by atoms with Crippen LogP contribution in [0.3, 0.4) is 0 Å². The van der Waals surface area contributed by atoms with Crippen LogP contribution in [0.4, 0.5) is 11.4 Å². The highest BCUT2D eigenvalue weighted by molar-refractivity contribution is 8.18. The van der Waals surface area contributed by atoms with Crippen molar-refractivity contribution >= 4 is 52.2 Å². The average Bonchev–Trinajstić information content (AvgIpc) is 3.34. The molecule has 0 unspecified atom stereocenters. The van der Waals surface area contributed by atoms with E-state index in [0.717, 1.165) is 42.7 Å². The number of benzene rings is 2. The van der Waals surface area contributed by atoms with E-state index in [4.69, 9.17) is 10.1 Å². The second-order valence-corrected chi connectivity index (χ2v) is 11.9. The molecule has 3 aliphatic rings. The normalized spacial score (nSPS) is 18.6. The van der Waals surface area contributed by atoms with Crippen LogP contribution in [0.15, 0.2) is 46.3 Å². The number of carbonyl (C=O) groups is 2. The fraction of sp³-hybridized carbons (Fsp3) is 0.400. The van der Waals surface area contributed by atoms with Gasteiger partial charge in [-0.15, -0.1) is 0 Å². The van der Waals surface area contributed by atoms with Gasteiger partial charge in [-0.25, -0.2) is 0 Å². The first kappa shape index (κ1) is 30.4. The van der Waals surface area contributed by atoms with Crippen molar-refractivity contribution in [1.29, 1.82) is 5.41 Å². The van der Waals surface area contributed by atoms with Crippen molar-refractivity contribution < 1.29 is 24.5 Å². The van der Waals surface area contributed by atoms with Crippen molar-refractivity contribution in [3.8, 4) is 11.5 Å². The number of nitrogens with zero attached hydrogens (tertiary/aromatic N) is 3. The molecule has 0 radical (unpaired) electrons. The second-order valence-electron chi connectivity index (χ2n) is 10.9. The lowest BCUT2D eigenvalue weighted by Gasteiger charge is -2.34. The topological polar surface area (TPSA) is 163 Å². The number of rotatable bonds is 8. The largest absolute Gasteiger partial charge is 0.506 e.